The lowest BCUT2D eigenvalue weighted by Gasteiger charge is -2.34. The molecule has 0 aliphatic carbocycles. The second-order valence-electron chi connectivity index (χ2n) is 8.19. The van der Waals surface area contributed by atoms with E-state index in [1.165, 1.54) is 24.0 Å². The van der Waals surface area contributed by atoms with Crippen LogP contribution in [0.5, 0.6) is 0 Å². The van der Waals surface area contributed by atoms with Gasteiger partial charge in [-0.15, -0.1) is 0 Å². The number of hydrogen-bond acceptors (Lipinski definition) is 2. The summed E-state index contributed by atoms with van der Waals surface area (Å²) >= 11 is 0. The van der Waals surface area contributed by atoms with Gasteiger partial charge in [0, 0.05) is 32.5 Å². The van der Waals surface area contributed by atoms with Crippen molar-refractivity contribution in [1.29, 1.82) is 0 Å². The Morgan fingerprint density at radius 3 is 2.07 bits per heavy atom. The van der Waals surface area contributed by atoms with Gasteiger partial charge >= 0.3 is 0 Å². The maximum absolute atomic E-state index is 12.0. The zero-order valence-corrected chi connectivity index (χ0v) is 16.3. The van der Waals surface area contributed by atoms with E-state index in [2.05, 4.69) is 65.6 Å². The van der Waals surface area contributed by atoms with Crippen molar-refractivity contribution in [3.05, 3.63) is 71.8 Å². The molecule has 0 bridgehead atoms. The molecule has 142 valence electrons. The Bertz CT molecular complexity index is 737. The number of carbonyl (C=O) groups excluding carboxylic acids is 1. The molecule has 2 aliphatic heterocycles. The Labute approximate surface area is 163 Å². The van der Waals surface area contributed by atoms with Crippen LogP contribution in [-0.2, 0) is 4.79 Å². The molecule has 2 heterocycles. The minimum Gasteiger partial charge on any atom is -0.342 e. The topological polar surface area (TPSA) is 23.6 Å². The van der Waals surface area contributed by atoms with Crippen molar-refractivity contribution >= 4 is 5.91 Å². The van der Waals surface area contributed by atoms with Gasteiger partial charge in [0.2, 0.25) is 5.91 Å². The van der Waals surface area contributed by atoms with E-state index in [4.69, 9.17) is 0 Å². The van der Waals surface area contributed by atoms with Gasteiger partial charge in [0.25, 0.3) is 0 Å². The first kappa shape index (κ1) is 18.2. The highest BCUT2D eigenvalue weighted by Crippen LogP contribution is 2.35. The SMILES string of the molecule is CC(=O)N1C[C@H](CN2CCC(c3ccccc3)CC2)[C@@H](c2ccccc2)C1. The summed E-state index contributed by atoms with van der Waals surface area (Å²) in [4.78, 5) is 16.6. The third-order valence-corrected chi connectivity index (χ3v) is 6.47. The summed E-state index contributed by atoms with van der Waals surface area (Å²) in [6.07, 6.45) is 2.48. The molecule has 0 N–H and O–H groups in total. The maximum Gasteiger partial charge on any atom is 0.219 e. The van der Waals surface area contributed by atoms with Crippen molar-refractivity contribution in [1.82, 2.24) is 9.80 Å². The number of likely N-dealkylation sites (tertiary alicyclic amines) is 2. The molecule has 2 aromatic rings. The van der Waals surface area contributed by atoms with Crippen LogP contribution in [0.3, 0.4) is 0 Å². The quantitative estimate of drug-likeness (QED) is 0.816. The molecule has 1 amide bonds. The first-order valence-corrected chi connectivity index (χ1v) is 10.3. The van der Waals surface area contributed by atoms with Gasteiger partial charge in [0.1, 0.15) is 0 Å². The number of amides is 1. The molecule has 0 unspecified atom stereocenters. The maximum atomic E-state index is 12.0. The van der Waals surface area contributed by atoms with E-state index < -0.39 is 0 Å². The van der Waals surface area contributed by atoms with Crippen LogP contribution in [0.25, 0.3) is 0 Å². The summed E-state index contributed by atoms with van der Waals surface area (Å²) < 4.78 is 0. The van der Waals surface area contributed by atoms with E-state index >= 15 is 0 Å². The van der Waals surface area contributed by atoms with Gasteiger partial charge in [-0.3, -0.25) is 4.79 Å². The van der Waals surface area contributed by atoms with E-state index in [1.807, 2.05) is 4.90 Å². The van der Waals surface area contributed by atoms with Gasteiger partial charge in [-0.05, 0) is 48.9 Å². The van der Waals surface area contributed by atoms with Crippen LogP contribution < -0.4 is 0 Å². The van der Waals surface area contributed by atoms with Crippen LogP contribution in [0.15, 0.2) is 60.7 Å². The highest BCUT2D eigenvalue weighted by atomic mass is 16.2. The Morgan fingerprint density at radius 2 is 1.48 bits per heavy atom. The Balaban J connectivity index is 1.39. The molecule has 27 heavy (non-hydrogen) atoms. The lowest BCUT2D eigenvalue weighted by Crippen LogP contribution is -2.38. The summed E-state index contributed by atoms with van der Waals surface area (Å²) in [6, 6.07) is 21.7. The third-order valence-electron chi connectivity index (χ3n) is 6.47. The normalized spacial score (nSPS) is 24.3. The van der Waals surface area contributed by atoms with Gasteiger partial charge in [-0.2, -0.15) is 0 Å². The average molecular weight is 363 g/mol. The first-order valence-electron chi connectivity index (χ1n) is 10.3. The molecule has 0 saturated carbocycles. The first-order chi connectivity index (χ1) is 13.2. The van der Waals surface area contributed by atoms with Crippen molar-refractivity contribution in [2.75, 3.05) is 32.7 Å². The summed E-state index contributed by atoms with van der Waals surface area (Å²) in [7, 11) is 0. The number of piperidine rings is 1. The zero-order valence-electron chi connectivity index (χ0n) is 16.3. The highest BCUT2D eigenvalue weighted by molar-refractivity contribution is 5.73. The summed E-state index contributed by atoms with van der Waals surface area (Å²) in [5, 5.41) is 0. The molecule has 3 nitrogen and oxygen atoms in total. The van der Waals surface area contributed by atoms with Crippen LogP contribution in [-0.4, -0.2) is 48.4 Å². The minimum absolute atomic E-state index is 0.209. The molecule has 2 aromatic carbocycles. The van der Waals surface area contributed by atoms with Crippen molar-refractivity contribution in [2.24, 2.45) is 5.92 Å². The van der Waals surface area contributed by atoms with E-state index in [0.717, 1.165) is 32.7 Å². The molecule has 2 fully saturated rings. The smallest absolute Gasteiger partial charge is 0.219 e. The summed E-state index contributed by atoms with van der Waals surface area (Å²) in [5.41, 5.74) is 2.87. The number of nitrogens with zero attached hydrogens (tertiary/aromatic N) is 2. The lowest BCUT2D eigenvalue weighted by atomic mass is 9.86. The number of hydrogen-bond donors (Lipinski definition) is 0. The van der Waals surface area contributed by atoms with Crippen LogP contribution in [0, 0.1) is 5.92 Å². The lowest BCUT2D eigenvalue weighted by molar-refractivity contribution is -0.127. The second-order valence-corrected chi connectivity index (χ2v) is 8.19. The number of rotatable bonds is 4. The van der Waals surface area contributed by atoms with Crippen LogP contribution in [0.1, 0.15) is 42.7 Å². The van der Waals surface area contributed by atoms with Crippen molar-refractivity contribution in [3.63, 3.8) is 0 Å². The fourth-order valence-electron chi connectivity index (χ4n) is 4.90. The molecule has 2 atom stereocenters. The molecular weight excluding hydrogens is 332 g/mol. The van der Waals surface area contributed by atoms with Gasteiger partial charge < -0.3 is 9.80 Å². The van der Waals surface area contributed by atoms with Gasteiger partial charge in [0.05, 0.1) is 0 Å². The van der Waals surface area contributed by atoms with E-state index in [0.29, 0.717) is 17.8 Å². The molecule has 3 heteroatoms. The average Bonchev–Trinajstić information content (AvgIpc) is 3.14. The zero-order chi connectivity index (χ0) is 18.6. The molecule has 0 aromatic heterocycles. The summed E-state index contributed by atoms with van der Waals surface area (Å²) in [5.74, 6) is 1.90. The van der Waals surface area contributed by atoms with Gasteiger partial charge in [-0.1, -0.05) is 60.7 Å². The summed E-state index contributed by atoms with van der Waals surface area (Å²) in [6.45, 7) is 6.90. The largest absolute Gasteiger partial charge is 0.342 e. The van der Waals surface area contributed by atoms with Crippen LogP contribution >= 0.6 is 0 Å². The predicted molar refractivity (Wildman–Crippen MR) is 110 cm³/mol. The molecule has 0 spiro atoms. The van der Waals surface area contributed by atoms with E-state index in [-0.39, 0.29) is 5.91 Å². The predicted octanol–water partition coefficient (Wildman–Crippen LogP) is 4.13. The molecule has 2 aliphatic rings. The molecular formula is C24H30N2O. The van der Waals surface area contributed by atoms with Crippen molar-refractivity contribution < 1.29 is 4.79 Å². The number of benzene rings is 2. The van der Waals surface area contributed by atoms with Gasteiger partial charge in [0.15, 0.2) is 0 Å². The van der Waals surface area contributed by atoms with Crippen molar-refractivity contribution in [3.8, 4) is 0 Å². The van der Waals surface area contributed by atoms with Crippen LogP contribution in [0.2, 0.25) is 0 Å². The number of carbonyl (C=O) groups is 1. The minimum atomic E-state index is 0.209. The van der Waals surface area contributed by atoms with Gasteiger partial charge in [-0.25, -0.2) is 0 Å². The second kappa shape index (κ2) is 8.26. The standard InChI is InChI=1S/C24H30N2O/c1-19(27)26-17-23(24(18-26)22-10-6-3-7-11-22)16-25-14-12-21(13-15-25)20-8-4-2-5-9-20/h2-11,21,23-24H,12-18H2,1H3/t23-,24+/m0/s1. The van der Waals surface area contributed by atoms with Crippen molar-refractivity contribution in [2.45, 2.75) is 31.6 Å². The Kier molecular flexibility index (Phi) is 5.58. The highest BCUT2D eigenvalue weighted by Gasteiger charge is 2.36. The Morgan fingerprint density at radius 1 is 0.889 bits per heavy atom. The fourth-order valence-corrected chi connectivity index (χ4v) is 4.90. The molecule has 2 saturated heterocycles. The molecule has 0 radical (unpaired) electrons. The Hall–Kier alpha value is -2.13. The fraction of sp³-hybridized carbons (Fsp3) is 0.458. The third kappa shape index (κ3) is 4.24. The van der Waals surface area contributed by atoms with E-state index in [1.54, 1.807) is 6.92 Å². The molecule has 4 rings (SSSR count). The van der Waals surface area contributed by atoms with Crippen LogP contribution in [0.4, 0.5) is 0 Å². The van der Waals surface area contributed by atoms with E-state index in [9.17, 15) is 4.79 Å². The monoisotopic (exact) mass is 362 g/mol.